The Morgan fingerprint density at radius 2 is 1.67 bits per heavy atom. The first kappa shape index (κ1) is 23.2. The Morgan fingerprint density at radius 1 is 1.03 bits per heavy atom. The van der Waals surface area contributed by atoms with Gasteiger partial charge >= 0.3 is 0 Å². The van der Waals surface area contributed by atoms with E-state index in [2.05, 4.69) is 12.1 Å². The summed E-state index contributed by atoms with van der Waals surface area (Å²) in [5.74, 6) is 0.115. The van der Waals surface area contributed by atoms with Crippen molar-refractivity contribution in [1.82, 2.24) is 4.90 Å². The van der Waals surface area contributed by atoms with Gasteiger partial charge in [0.05, 0.1) is 24.7 Å². The molecule has 1 saturated heterocycles. The Labute approximate surface area is 195 Å². The van der Waals surface area contributed by atoms with Crippen LogP contribution in [0.25, 0.3) is 10.8 Å². The zero-order valence-electron chi connectivity index (χ0n) is 20.0. The van der Waals surface area contributed by atoms with Gasteiger partial charge in [-0.2, -0.15) is 0 Å². The van der Waals surface area contributed by atoms with Crippen LogP contribution in [-0.2, 0) is 9.53 Å². The number of nitrogens with zero attached hydrogens (tertiary/aromatic N) is 1. The van der Waals surface area contributed by atoms with E-state index in [0.717, 1.165) is 21.9 Å². The molecule has 0 N–H and O–H groups in total. The molecule has 0 aliphatic carbocycles. The normalized spacial score (nSPS) is 20.0. The molecule has 1 heterocycles. The van der Waals surface area contributed by atoms with Crippen molar-refractivity contribution in [2.75, 3.05) is 20.2 Å². The Bertz CT molecular complexity index is 1130. The smallest absolute Gasteiger partial charge is 0.229 e. The average Bonchev–Trinajstić information content (AvgIpc) is 2.79. The van der Waals surface area contributed by atoms with Crippen molar-refractivity contribution in [2.45, 2.75) is 45.8 Å². The van der Waals surface area contributed by atoms with Crippen LogP contribution >= 0.6 is 0 Å². The van der Waals surface area contributed by atoms with Crippen LogP contribution in [0, 0.1) is 11.2 Å². The third kappa shape index (κ3) is 4.47. The summed E-state index contributed by atoms with van der Waals surface area (Å²) in [6.45, 7) is 9.05. The van der Waals surface area contributed by atoms with E-state index in [1.54, 1.807) is 19.2 Å². The molecule has 33 heavy (non-hydrogen) atoms. The van der Waals surface area contributed by atoms with Crippen molar-refractivity contribution >= 4 is 16.7 Å². The van der Waals surface area contributed by atoms with Gasteiger partial charge in [0.15, 0.2) is 0 Å². The number of hydrogen-bond donors (Lipinski definition) is 0. The van der Waals surface area contributed by atoms with Crippen LogP contribution < -0.4 is 4.74 Å². The van der Waals surface area contributed by atoms with Crippen LogP contribution in [0.5, 0.6) is 5.75 Å². The minimum Gasteiger partial charge on any atom is -0.496 e. The summed E-state index contributed by atoms with van der Waals surface area (Å²) in [6, 6.07) is 18.6. The molecule has 3 aromatic carbocycles. The summed E-state index contributed by atoms with van der Waals surface area (Å²) in [7, 11) is 1.65. The number of ether oxygens (including phenoxy) is 2. The first-order valence-corrected chi connectivity index (χ1v) is 11.5. The largest absolute Gasteiger partial charge is 0.496 e. The minimum atomic E-state index is -0.827. The van der Waals surface area contributed by atoms with E-state index in [1.165, 1.54) is 12.1 Å². The molecule has 0 radical (unpaired) electrons. The standard InChI is InChI=1S/C28H32FNO3/c1-18-16-30(17-19(2)33-18)27(31)28(3,4)26(21-10-13-22(29)14-11-21)25-23-9-7-6-8-20(23)12-15-24(25)32-5/h6-15,18-19,26H,16-17H2,1-5H3. The molecule has 0 saturated carbocycles. The van der Waals surface area contributed by atoms with Crippen LogP contribution in [0.3, 0.4) is 0 Å². The maximum Gasteiger partial charge on any atom is 0.229 e. The van der Waals surface area contributed by atoms with Gasteiger partial charge in [0.25, 0.3) is 0 Å². The number of methoxy groups -OCH3 is 1. The summed E-state index contributed by atoms with van der Waals surface area (Å²) < 4.78 is 25.5. The van der Waals surface area contributed by atoms with Gasteiger partial charge in [0.1, 0.15) is 11.6 Å². The maximum absolute atomic E-state index is 14.1. The van der Waals surface area contributed by atoms with Gasteiger partial charge in [-0.25, -0.2) is 4.39 Å². The van der Waals surface area contributed by atoms with E-state index in [-0.39, 0.29) is 29.9 Å². The van der Waals surface area contributed by atoms with Gasteiger partial charge in [-0.1, -0.05) is 56.3 Å². The van der Waals surface area contributed by atoms with Gasteiger partial charge in [-0.15, -0.1) is 0 Å². The Hall–Kier alpha value is -2.92. The van der Waals surface area contributed by atoms with Crippen molar-refractivity contribution in [1.29, 1.82) is 0 Å². The number of halogens is 1. The highest BCUT2D eigenvalue weighted by Crippen LogP contribution is 2.48. The quantitative estimate of drug-likeness (QED) is 0.496. The zero-order chi connectivity index (χ0) is 23.8. The molecule has 1 fully saturated rings. The van der Waals surface area contributed by atoms with Gasteiger partial charge < -0.3 is 14.4 Å². The molecule has 1 amide bonds. The molecule has 3 unspecified atom stereocenters. The third-order valence-corrected chi connectivity index (χ3v) is 6.62. The lowest BCUT2D eigenvalue weighted by molar-refractivity contribution is -0.152. The van der Waals surface area contributed by atoms with Crippen LogP contribution in [0.15, 0.2) is 60.7 Å². The predicted molar refractivity (Wildman–Crippen MR) is 129 cm³/mol. The first-order valence-electron chi connectivity index (χ1n) is 11.5. The fourth-order valence-corrected chi connectivity index (χ4v) is 5.23. The number of benzene rings is 3. The van der Waals surface area contributed by atoms with Gasteiger partial charge in [-0.3, -0.25) is 4.79 Å². The number of carbonyl (C=O) groups is 1. The van der Waals surface area contributed by atoms with Gasteiger partial charge in [0.2, 0.25) is 5.91 Å². The fraction of sp³-hybridized carbons (Fsp3) is 0.393. The molecule has 3 aromatic rings. The Kier molecular flexibility index (Phi) is 6.44. The Morgan fingerprint density at radius 3 is 2.30 bits per heavy atom. The van der Waals surface area contributed by atoms with Gasteiger partial charge in [0, 0.05) is 24.6 Å². The van der Waals surface area contributed by atoms with Crippen molar-refractivity contribution < 1.29 is 18.7 Å². The first-order chi connectivity index (χ1) is 15.7. The van der Waals surface area contributed by atoms with E-state index in [0.29, 0.717) is 18.8 Å². The second-order valence-corrected chi connectivity index (χ2v) is 9.58. The lowest BCUT2D eigenvalue weighted by atomic mass is 9.69. The number of hydrogen-bond acceptors (Lipinski definition) is 3. The summed E-state index contributed by atoms with van der Waals surface area (Å²) in [4.78, 5) is 16.0. The minimum absolute atomic E-state index is 0.0233. The predicted octanol–water partition coefficient (Wildman–Crippen LogP) is 5.78. The second-order valence-electron chi connectivity index (χ2n) is 9.58. The molecule has 0 aromatic heterocycles. The van der Waals surface area contributed by atoms with Crippen LogP contribution in [0.2, 0.25) is 0 Å². The summed E-state index contributed by atoms with van der Waals surface area (Å²) in [6.07, 6.45) is -0.0466. The van der Waals surface area contributed by atoms with E-state index in [9.17, 15) is 9.18 Å². The molecular formula is C28H32FNO3. The molecule has 3 atom stereocenters. The molecule has 4 rings (SSSR count). The van der Waals surface area contributed by atoms with E-state index in [4.69, 9.17) is 9.47 Å². The van der Waals surface area contributed by atoms with Crippen LogP contribution in [0.4, 0.5) is 4.39 Å². The lowest BCUT2D eigenvalue weighted by Gasteiger charge is -2.42. The molecule has 1 aliphatic rings. The lowest BCUT2D eigenvalue weighted by Crippen LogP contribution is -2.53. The highest BCUT2D eigenvalue weighted by Gasteiger charge is 2.44. The molecule has 5 heteroatoms. The van der Waals surface area contributed by atoms with Crippen molar-refractivity contribution in [3.63, 3.8) is 0 Å². The summed E-state index contributed by atoms with van der Waals surface area (Å²) in [5, 5.41) is 2.09. The zero-order valence-corrected chi connectivity index (χ0v) is 20.0. The van der Waals surface area contributed by atoms with Crippen LogP contribution in [-0.4, -0.2) is 43.2 Å². The molecule has 0 bridgehead atoms. The summed E-state index contributed by atoms with van der Waals surface area (Å²) >= 11 is 0. The second kappa shape index (κ2) is 9.14. The SMILES string of the molecule is COc1ccc2ccccc2c1C(c1ccc(F)cc1)C(C)(C)C(=O)N1CC(C)OC(C)C1. The van der Waals surface area contributed by atoms with Crippen molar-refractivity contribution in [2.24, 2.45) is 5.41 Å². The molecule has 174 valence electrons. The highest BCUT2D eigenvalue weighted by molar-refractivity contribution is 5.91. The van der Waals surface area contributed by atoms with Gasteiger partial charge in [-0.05, 0) is 48.4 Å². The summed E-state index contributed by atoms with van der Waals surface area (Å²) in [5.41, 5.74) is 0.986. The van der Waals surface area contributed by atoms with Crippen molar-refractivity contribution in [3.8, 4) is 5.75 Å². The number of amides is 1. The highest BCUT2D eigenvalue weighted by atomic mass is 19.1. The Balaban J connectivity index is 1.91. The van der Waals surface area contributed by atoms with Crippen molar-refractivity contribution in [3.05, 3.63) is 77.6 Å². The monoisotopic (exact) mass is 449 g/mol. The third-order valence-electron chi connectivity index (χ3n) is 6.62. The number of fused-ring (bicyclic) bond motifs is 1. The molecule has 1 aliphatic heterocycles. The topological polar surface area (TPSA) is 38.8 Å². The number of rotatable bonds is 5. The average molecular weight is 450 g/mol. The molecule has 0 spiro atoms. The number of carbonyl (C=O) groups excluding carboxylic acids is 1. The fourth-order valence-electron chi connectivity index (χ4n) is 5.23. The van der Waals surface area contributed by atoms with E-state index in [1.807, 2.05) is 56.9 Å². The van der Waals surface area contributed by atoms with E-state index >= 15 is 0 Å². The molecule has 4 nitrogen and oxygen atoms in total. The van der Waals surface area contributed by atoms with Crippen LogP contribution in [0.1, 0.15) is 44.7 Å². The molecular weight excluding hydrogens is 417 g/mol. The number of morpholine rings is 1. The maximum atomic E-state index is 14.1. The van der Waals surface area contributed by atoms with E-state index < -0.39 is 5.41 Å².